The Kier molecular flexibility index (Phi) is 4.47. The highest BCUT2D eigenvalue weighted by Crippen LogP contribution is 2.17. The molecule has 0 aliphatic heterocycles. The van der Waals surface area contributed by atoms with Crippen molar-refractivity contribution in [2.24, 2.45) is 5.92 Å². The van der Waals surface area contributed by atoms with Gasteiger partial charge in [-0.25, -0.2) is 4.39 Å². The first-order chi connectivity index (χ1) is 7.54. The summed E-state index contributed by atoms with van der Waals surface area (Å²) in [6.07, 6.45) is -1.13. The quantitative estimate of drug-likeness (QED) is 0.717. The van der Waals surface area contributed by atoms with Crippen molar-refractivity contribution in [1.82, 2.24) is 0 Å². The molecular formula is C13H17FO2. The summed E-state index contributed by atoms with van der Waals surface area (Å²) in [5.74, 6) is 0.406. The zero-order chi connectivity index (χ0) is 12.1. The van der Waals surface area contributed by atoms with Gasteiger partial charge in [0.25, 0.3) is 0 Å². The number of ketones is 1. The first kappa shape index (κ1) is 12.7. The third-order valence-corrected chi connectivity index (χ3v) is 2.52. The predicted octanol–water partition coefficient (Wildman–Crippen LogP) is 3.26. The number of carbonyl (C=O) groups is 1. The van der Waals surface area contributed by atoms with Crippen LogP contribution in [0.5, 0.6) is 5.75 Å². The smallest absolute Gasteiger partial charge is 0.165 e. The normalized spacial score (nSPS) is 12.6. The molecule has 0 spiro atoms. The van der Waals surface area contributed by atoms with Crippen molar-refractivity contribution in [2.45, 2.75) is 26.4 Å². The lowest BCUT2D eigenvalue weighted by Crippen LogP contribution is -2.15. The average Bonchev–Trinajstić information content (AvgIpc) is 2.28. The van der Waals surface area contributed by atoms with Crippen LogP contribution in [0.1, 0.15) is 30.6 Å². The van der Waals surface area contributed by atoms with Gasteiger partial charge in [0.2, 0.25) is 0 Å². The Morgan fingerprint density at radius 1 is 1.31 bits per heavy atom. The van der Waals surface area contributed by atoms with E-state index in [4.69, 9.17) is 4.74 Å². The molecule has 2 nitrogen and oxygen atoms in total. The number of alkyl halides is 1. The molecule has 0 aromatic heterocycles. The van der Waals surface area contributed by atoms with Crippen molar-refractivity contribution in [3.63, 3.8) is 0 Å². The molecule has 0 bridgehead atoms. The van der Waals surface area contributed by atoms with E-state index in [1.165, 1.54) is 0 Å². The van der Waals surface area contributed by atoms with Crippen LogP contribution in [0.15, 0.2) is 24.3 Å². The topological polar surface area (TPSA) is 26.3 Å². The summed E-state index contributed by atoms with van der Waals surface area (Å²) in [6.45, 7) is 3.54. The minimum Gasteiger partial charge on any atom is -0.497 e. The van der Waals surface area contributed by atoms with Crippen molar-refractivity contribution in [3.8, 4) is 5.75 Å². The maximum Gasteiger partial charge on any atom is 0.165 e. The number of hydrogen-bond donors (Lipinski definition) is 0. The zero-order valence-electron chi connectivity index (χ0n) is 9.87. The SMILES string of the molecule is COc1ccc(C(=O)CC(F)C(C)C)cc1. The van der Waals surface area contributed by atoms with E-state index in [2.05, 4.69) is 0 Å². The lowest BCUT2D eigenvalue weighted by Gasteiger charge is -2.10. The summed E-state index contributed by atoms with van der Waals surface area (Å²) in [5.41, 5.74) is 0.532. The second kappa shape index (κ2) is 5.64. The molecular weight excluding hydrogens is 207 g/mol. The Labute approximate surface area is 95.4 Å². The van der Waals surface area contributed by atoms with Gasteiger partial charge >= 0.3 is 0 Å². The first-order valence-corrected chi connectivity index (χ1v) is 5.36. The Morgan fingerprint density at radius 2 is 1.88 bits per heavy atom. The molecule has 0 fully saturated rings. The summed E-state index contributed by atoms with van der Waals surface area (Å²) in [6, 6.07) is 6.73. The fourth-order valence-corrected chi connectivity index (χ4v) is 1.31. The van der Waals surface area contributed by atoms with Crippen LogP contribution >= 0.6 is 0 Å². The number of ether oxygens (including phenoxy) is 1. The van der Waals surface area contributed by atoms with Gasteiger partial charge in [-0.15, -0.1) is 0 Å². The second-order valence-corrected chi connectivity index (χ2v) is 4.12. The highest BCUT2D eigenvalue weighted by Gasteiger charge is 2.17. The molecule has 0 aliphatic rings. The summed E-state index contributed by atoms with van der Waals surface area (Å²) in [4.78, 5) is 11.7. The number of hydrogen-bond acceptors (Lipinski definition) is 2. The molecule has 1 unspecified atom stereocenters. The van der Waals surface area contributed by atoms with Gasteiger partial charge in [-0.1, -0.05) is 13.8 Å². The molecule has 0 saturated carbocycles. The van der Waals surface area contributed by atoms with E-state index in [0.29, 0.717) is 11.3 Å². The lowest BCUT2D eigenvalue weighted by atomic mass is 9.99. The van der Waals surface area contributed by atoms with Crippen LogP contribution in [0, 0.1) is 5.92 Å². The Hall–Kier alpha value is -1.38. The standard InChI is InChI=1S/C13H17FO2/c1-9(2)12(14)8-13(15)10-4-6-11(16-3)7-5-10/h4-7,9,12H,8H2,1-3H3. The number of rotatable bonds is 5. The van der Waals surface area contributed by atoms with Crippen LogP contribution in [0.25, 0.3) is 0 Å². The molecule has 88 valence electrons. The van der Waals surface area contributed by atoms with Crippen molar-refractivity contribution in [3.05, 3.63) is 29.8 Å². The third-order valence-electron chi connectivity index (χ3n) is 2.52. The fraction of sp³-hybridized carbons (Fsp3) is 0.462. The molecule has 1 rings (SSSR count). The molecule has 1 aromatic carbocycles. The summed E-state index contributed by atoms with van der Waals surface area (Å²) in [5, 5.41) is 0. The molecule has 1 aromatic rings. The van der Waals surface area contributed by atoms with Crippen LogP contribution in [0.4, 0.5) is 4.39 Å². The van der Waals surface area contributed by atoms with Gasteiger partial charge in [-0.3, -0.25) is 4.79 Å². The minimum atomic E-state index is -1.07. The monoisotopic (exact) mass is 224 g/mol. The average molecular weight is 224 g/mol. The third kappa shape index (κ3) is 3.33. The van der Waals surface area contributed by atoms with Crippen LogP contribution in [-0.4, -0.2) is 19.1 Å². The molecule has 0 radical (unpaired) electrons. The zero-order valence-corrected chi connectivity index (χ0v) is 9.87. The van der Waals surface area contributed by atoms with Crippen LogP contribution in [0.3, 0.4) is 0 Å². The van der Waals surface area contributed by atoms with Gasteiger partial charge in [-0.05, 0) is 30.2 Å². The van der Waals surface area contributed by atoms with E-state index in [1.54, 1.807) is 45.2 Å². The van der Waals surface area contributed by atoms with Crippen molar-refractivity contribution in [2.75, 3.05) is 7.11 Å². The lowest BCUT2D eigenvalue weighted by molar-refractivity contribution is 0.0926. The van der Waals surface area contributed by atoms with Crippen molar-refractivity contribution < 1.29 is 13.9 Å². The number of carbonyl (C=O) groups excluding carboxylic acids is 1. The van der Waals surface area contributed by atoms with E-state index in [-0.39, 0.29) is 18.1 Å². The maximum absolute atomic E-state index is 13.4. The van der Waals surface area contributed by atoms with E-state index < -0.39 is 6.17 Å². The Balaban J connectivity index is 2.66. The van der Waals surface area contributed by atoms with Gasteiger partial charge in [0, 0.05) is 12.0 Å². The van der Waals surface area contributed by atoms with Gasteiger partial charge < -0.3 is 4.74 Å². The van der Waals surface area contributed by atoms with Gasteiger partial charge in [0.15, 0.2) is 5.78 Å². The molecule has 0 amide bonds. The predicted molar refractivity (Wildman–Crippen MR) is 61.7 cm³/mol. The Morgan fingerprint density at radius 3 is 2.31 bits per heavy atom. The summed E-state index contributed by atoms with van der Waals surface area (Å²) >= 11 is 0. The van der Waals surface area contributed by atoms with Gasteiger partial charge in [0.05, 0.1) is 7.11 Å². The largest absolute Gasteiger partial charge is 0.497 e. The van der Waals surface area contributed by atoms with E-state index >= 15 is 0 Å². The van der Waals surface area contributed by atoms with Gasteiger partial charge in [-0.2, -0.15) is 0 Å². The van der Waals surface area contributed by atoms with E-state index in [0.717, 1.165) is 0 Å². The molecule has 16 heavy (non-hydrogen) atoms. The number of benzene rings is 1. The maximum atomic E-state index is 13.4. The molecule has 1 atom stereocenters. The number of halogens is 1. The van der Waals surface area contributed by atoms with Gasteiger partial charge in [0.1, 0.15) is 11.9 Å². The molecule has 0 saturated heterocycles. The van der Waals surface area contributed by atoms with Crippen LogP contribution in [0.2, 0.25) is 0 Å². The minimum absolute atomic E-state index is 0.0516. The van der Waals surface area contributed by atoms with Crippen molar-refractivity contribution >= 4 is 5.78 Å². The molecule has 0 N–H and O–H groups in total. The highest BCUT2D eigenvalue weighted by atomic mass is 19.1. The summed E-state index contributed by atoms with van der Waals surface area (Å²) < 4.78 is 18.3. The van der Waals surface area contributed by atoms with Crippen LogP contribution < -0.4 is 4.74 Å². The summed E-state index contributed by atoms with van der Waals surface area (Å²) in [7, 11) is 1.56. The van der Waals surface area contributed by atoms with E-state index in [9.17, 15) is 9.18 Å². The molecule has 0 heterocycles. The molecule has 0 aliphatic carbocycles. The first-order valence-electron chi connectivity index (χ1n) is 5.36. The number of Topliss-reactive ketones (excluding diaryl/α,β-unsaturated/α-hetero) is 1. The van der Waals surface area contributed by atoms with Crippen molar-refractivity contribution in [1.29, 1.82) is 0 Å². The Bertz CT molecular complexity index is 343. The molecule has 3 heteroatoms. The highest BCUT2D eigenvalue weighted by molar-refractivity contribution is 5.96. The van der Waals surface area contributed by atoms with E-state index in [1.807, 2.05) is 0 Å². The second-order valence-electron chi connectivity index (χ2n) is 4.12. The van der Waals surface area contributed by atoms with Crippen LogP contribution in [-0.2, 0) is 0 Å². The number of methoxy groups -OCH3 is 1. The fourth-order valence-electron chi connectivity index (χ4n) is 1.31.